The van der Waals surface area contributed by atoms with E-state index in [0.717, 1.165) is 0 Å². The van der Waals surface area contributed by atoms with Crippen molar-refractivity contribution in [2.24, 2.45) is 0 Å². The molecule has 25 heavy (non-hydrogen) atoms. The van der Waals surface area contributed by atoms with Gasteiger partial charge >= 0.3 is 0 Å². The van der Waals surface area contributed by atoms with Crippen molar-refractivity contribution in [3.05, 3.63) is 58.7 Å². The van der Waals surface area contributed by atoms with E-state index in [1.54, 1.807) is 0 Å². The van der Waals surface area contributed by atoms with E-state index in [1.807, 2.05) is 0 Å². The number of hydrogen-bond acceptors (Lipinski definition) is 0. The van der Waals surface area contributed by atoms with E-state index in [2.05, 4.69) is 106 Å². The van der Waals surface area contributed by atoms with Crippen LogP contribution in [0.5, 0.6) is 0 Å². The Morgan fingerprint density at radius 3 is 1.12 bits per heavy atom. The van der Waals surface area contributed by atoms with E-state index >= 15 is 0 Å². The summed E-state index contributed by atoms with van der Waals surface area (Å²) >= 11 is 0. The van der Waals surface area contributed by atoms with Crippen molar-refractivity contribution in [1.29, 1.82) is 0 Å². The minimum Gasteiger partial charge on any atom is -0.0561 e. The van der Waals surface area contributed by atoms with Crippen LogP contribution in [0.1, 0.15) is 84.6 Å². The van der Waals surface area contributed by atoms with Crippen molar-refractivity contribution in [1.82, 2.24) is 0 Å². The Balaban J connectivity index is 2.73. The highest BCUT2D eigenvalue weighted by atomic mass is 14.3. The van der Waals surface area contributed by atoms with E-state index in [1.165, 1.54) is 33.4 Å². The predicted octanol–water partition coefficient (Wildman–Crippen LogP) is 7.55. The summed E-state index contributed by atoms with van der Waals surface area (Å²) in [5.41, 5.74) is 8.69. The third kappa shape index (κ3) is 4.75. The highest BCUT2D eigenvalue weighted by molar-refractivity contribution is 5.68. The fraction of sp³-hybridized carbons (Fsp3) is 0.520. The standard InChI is InChI=1S/C25H36/c1-17-11-18(13-20(12-17)23(2,3)4)19-14-21(24(5,6)7)16-22(15-19)25(8,9)10/h11-16H,1-10H3. The lowest BCUT2D eigenvalue weighted by molar-refractivity contribution is 0.569. The second-order valence-electron chi connectivity index (χ2n) is 10.6. The Hall–Kier alpha value is -1.56. The molecule has 0 amide bonds. The van der Waals surface area contributed by atoms with E-state index in [-0.39, 0.29) is 16.2 Å². The van der Waals surface area contributed by atoms with Gasteiger partial charge in [-0.15, -0.1) is 0 Å². The molecule has 0 spiro atoms. The van der Waals surface area contributed by atoms with Crippen LogP contribution in [-0.2, 0) is 16.2 Å². The molecule has 0 N–H and O–H groups in total. The van der Waals surface area contributed by atoms with Crippen molar-refractivity contribution in [2.45, 2.75) is 85.5 Å². The summed E-state index contributed by atoms with van der Waals surface area (Å²) in [5.74, 6) is 0. The summed E-state index contributed by atoms with van der Waals surface area (Å²) in [6.07, 6.45) is 0. The molecule has 0 aliphatic heterocycles. The fourth-order valence-corrected chi connectivity index (χ4v) is 3.04. The van der Waals surface area contributed by atoms with E-state index in [4.69, 9.17) is 0 Å². The Labute approximate surface area is 155 Å². The molecule has 2 aromatic carbocycles. The average molecular weight is 337 g/mol. The third-order valence-electron chi connectivity index (χ3n) is 4.94. The SMILES string of the molecule is Cc1cc(-c2cc(C(C)(C)C)cc(C(C)(C)C)c2)cc(C(C)(C)C)c1. The van der Waals surface area contributed by atoms with Crippen molar-refractivity contribution in [3.63, 3.8) is 0 Å². The number of aryl methyl sites for hydroxylation is 1. The molecule has 0 fully saturated rings. The minimum absolute atomic E-state index is 0.146. The Morgan fingerprint density at radius 2 is 0.760 bits per heavy atom. The van der Waals surface area contributed by atoms with Gasteiger partial charge in [-0.25, -0.2) is 0 Å². The van der Waals surface area contributed by atoms with Gasteiger partial charge in [-0.05, 0) is 51.0 Å². The van der Waals surface area contributed by atoms with Gasteiger partial charge in [-0.1, -0.05) is 104 Å². The summed E-state index contributed by atoms with van der Waals surface area (Å²) < 4.78 is 0. The van der Waals surface area contributed by atoms with Crippen LogP contribution in [0.3, 0.4) is 0 Å². The zero-order chi connectivity index (χ0) is 19.2. The maximum atomic E-state index is 2.39. The van der Waals surface area contributed by atoms with Gasteiger partial charge in [0.25, 0.3) is 0 Å². The maximum absolute atomic E-state index is 2.39. The zero-order valence-electron chi connectivity index (χ0n) is 18.0. The van der Waals surface area contributed by atoms with Crippen LogP contribution in [0.4, 0.5) is 0 Å². The van der Waals surface area contributed by atoms with Gasteiger partial charge in [-0.3, -0.25) is 0 Å². The zero-order valence-corrected chi connectivity index (χ0v) is 18.0. The van der Waals surface area contributed by atoms with Gasteiger partial charge in [-0.2, -0.15) is 0 Å². The molecule has 0 saturated heterocycles. The first-order valence-electron chi connectivity index (χ1n) is 9.46. The molecule has 2 aromatic rings. The topological polar surface area (TPSA) is 0 Å². The quantitative estimate of drug-likeness (QED) is 0.504. The molecule has 0 heteroatoms. The Kier molecular flexibility index (Phi) is 4.99. The molecule has 0 radical (unpaired) electrons. The van der Waals surface area contributed by atoms with Gasteiger partial charge in [0.15, 0.2) is 0 Å². The summed E-state index contributed by atoms with van der Waals surface area (Å²) in [6, 6.07) is 14.2. The minimum atomic E-state index is 0.146. The molecule has 0 aliphatic rings. The Bertz CT molecular complexity index is 724. The van der Waals surface area contributed by atoms with Gasteiger partial charge in [0, 0.05) is 0 Å². The first-order chi connectivity index (χ1) is 11.2. The third-order valence-corrected chi connectivity index (χ3v) is 4.94. The normalized spacial score (nSPS) is 13.2. The molecule has 0 aromatic heterocycles. The van der Waals surface area contributed by atoms with Crippen LogP contribution in [0.2, 0.25) is 0 Å². The lowest BCUT2D eigenvalue weighted by Gasteiger charge is -2.27. The van der Waals surface area contributed by atoms with E-state index in [9.17, 15) is 0 Å². The highest BCUT2D eigenvalue weighted by Gasteiger charge is 2.22. The summed E-state index contributed by atoms with van der Waals surface area (Å²) in [7, 11) is 0. The van der Waals surface area contributed by atoms with Crippen molar-refractivity contribution >= 4 is 0 Å². The molecule has 2 rings (SSSR count). The lowest BCUT2D eigenvalue weighted by Crippen LogP contribution is -2.16. The lowest BCUT2D eigenvalue weighted by atomic mass is 9.78. The van der Waals surface area contributed by atoms with Gasteiger partial charge in [0.1, 0.15) is 0 Å². The average Bonchev–Trinajstić information content (AvgIpc) is 2.43. The molecular formula is C25H36. The van der Waals surface area contributed by atoms with Crippen molar-refractivity contribution < 1.29 is 0 Å². The molecule has 0 heterocycles. The maximum Gasteiger partial charge on any atom is -0.0132 e. The molecule has 136 valence electrons. The summed E-state index contributed by atoms with van der Waals surface area (Å²) in [6.45, 7) is 22.9. The first-order valence-corrected chi connectivity index (χ1v) is 9.46. The monoisotopic (exact) mass is 336 g/mol. The van der Waals surface area contributed by atoms with Crippen LogP contribution in [0.25, 0.3) is 11.1 Å². The summed E-state index contributed by atoms with van der Waals surface area (Å²) in [5, 5.41) is 0. The molecule has 0 aliphatic carbocycles. The van der Waals surface area contributed by atoms with Crippen LogP contribution in [-0.4, -0.2) is 0 Å². The van der Waals surface area contributed by atoms with Crippen LogP contribution in [0.15, 0.2) is 36.4 Å². The van der Waals surface area contributed by atoms with Crippen molar-refractivity contribution in [2.75, 3.05) is 0 Å². The molecule has 0 nitrogen and oxygen atoms in total. The smallest absolute Gasteiger partial charge is 0.0132 e. The van der Waals surface area contributed by atoms with Crippen LogP contribution >= 0.6 is 0 Å². The first kappa shape index (κ1) is 19.8. The second kappa shape index (κ2) is 6.31. The molecule has 0 atom stereocenters. The summed E-state index contributed by atoms with van der Waals surface area (Å²) in [4.78, 5) is 0. The molecular weight excluding hydrogens is 300 g/mol. The molecule has 0 bridgehead atoms. The van der Waals surface area contributed by atoms with Gasteiger partial charge in [0.05, 0.1) is 0 Å². The Morgan fingerprint density at radius 1 is 0.440 bits per heavy atom. The van der Waals surface area contributed by atoms with Gasteiger partial charge in [0.2, 0.25) is 0 Å². The predicted molar refractivity (Wildman–Crippen MR) is 113 cm³/mol. The largest absolute Gasteiger partial charge is 0.0561 e. The van der Waals surface area contributed by atoms with E-state index < -0.39 is 0 Å². The number of hydrogen-bond donors (Lipinski definition) is 0. The number of benzene rings is 2. The second-order valence-corrected chi connectivity index (χ2v) is 10.6. The highest BCUT2D eigenvalue weighted by Crippen LogP contribution is 2.35. The van der Waals surface area contributed by atoms with Gasteiger partial charge < -0.3 is 0 Å². The van der Waals surface area contributed by atoms with E-state index in [0.29, 0.717) is 0 Å². The molecule has 0 unspecified atom stereocenters. The number of rotatable bonds is 1. The van der Waals surface area contributed by atoms with Crippen molar-refractivity contribution in [3.8, 4) is 11.1 Å². The van der Waals surface area contributed by atoms with Crippen LogP contribution < -0.4 is 0 Å². The molecule has 0 saturated carbocycles. The van der Waals surface area contributed by atoms with Crippen LogP contribution in [0, 0.1) is 6.92 Å². The fourth-order valence-electron chi connectivity index (χ4n) is 3.04.